The zero-order chi connectivity index (χ0) is 20.5. The van der Waals surface area contributed by atoms with Crippen molar-refractivity contribution in [3.63, 3.8) is 0 Å². The summed E-state index contributed by atoms with van der Waals surface area (Å²) in [5, 5.41) is 5.64. The smallest absolute Gasteiger partial charge is 0.342 e. The number of carbonyl (C=O) groups excluding carboxylic acids is 2. The first-order chi connectivity index (χ1) is 13.5. The molecule has 28 heavy (non-hydrogen) atoms. The Morgan fingerprint density at radius 2 is 1.71 bits per heavy atom. The molecule has 0 saturated carbocycles. The SMILES string of the molecule is CCOC(=O)c1cc(NC(=O)NC(CC)CC)ccc1Oc1ccc(N)cc1. The van der Waals surface area contributed by atoms with Crippen molar-refractivity contribution >= 4 is 23.4 Å². The van der Waals surface area contributed by atoms with Gasteiger partial charge >= 0.3 is 12.0 Å². The lowest BCUT2D eigenvalue weighted by molar-refractivity contribution is 0.0523. The van der Waals surface area contributed by atoms with E-state index in [1.807, 2.05) is 13.8 Å². The van der Waals surface area contributed by atoms with Crippen molar-refractivity contribution in [3.05, 3.63) is 48.0 Å². The third-order valence-electron chi connectivity index (χ3n) is 4.16. The molecule has 2 aromatic carbocycles. The fraction of sp³-hybridized carbons (Fsp3) is 0.333. The number of benzene rings is 2. The van der Waals surface area contributed by atoms with Gasteiger partial charge in [-0.25, -0.2) is 9.59 Å². The minimum absolute atomic E-state index is 0.0950. The van der Waals surface area contributed by atoms with Gasteiger partial charge in [0.1, 0.15) is 17.1 Å². The molecule has 0 aliphatic rings. The first-order valence-corrected chi connectivity index (χ1v) is 9.38. The molecule has 0 saturated heterocycles. The Bertz CT molecular complexity index is 802. The summed E-state index contributed by atoms with van der Waals surface area (Å²) < 4.78 is 10.9. The van der Waals surface area contributed by atoms with E-state index in [1.165, 1.54) is 6.07 Å². The molecule has 2 aromatic rings. The number of ether oxygens (including phenoxy) is 2. The van der Waals surface area contributed by atoms with E-state index in [1.54, 1.807) is 43.3 Å². The van der Waals surface area contributed by atoms with Crippen LogP contribution < -0.4 is 21.1 Å². The van der Waals surface area contributed by atoms with Crippen molar-refractivity contribution in [2.45, 2.75) is 39.7 Å². The van der Waals surface area contributed by atoms with Crippen molar-refractivity contribution in [2.75, 3.05) is 17.7 Å². The summed E-state index contributed by atoms with van der Waals surface area (Å²) >= 11 is 0. The number of nitrogens with two attached hydrogens (primary N) is 1. The van der Waals surface area contributed by atoms with Gasteiger partial charge in [-0.05, 0) is 62.2 Å². The summed E-state index contributed by atoms with van der Waals surface area (Å²) in [6.45, 7) is 5.98. The number of amides is 2. The number of hydrogen-bond acceptors (Lipinski definition) is 5. The molecule has 0 aliphatic carbocycles. The fourth-order valence-corrected chi connectivity index (χ4v) is 2.57. The molecule has 0 aliphatic heterocycles. The van der Waals surface area contributed by atoms with E-state index >= 15 is 0 Å². The molecular formula is C21H27N3O4. The van der Waals surface area contributed by atoms with Crippen LogP contribution in [0, 0.1) is 0 Å². The number of urea groups is 1. The van der Waals surface area contributed by atoms with E-state index in [2.05, 4.69) is 10.6 Å². The molecule has 0 aromatic heterocycles. The van der Waals surface area contributed by atoms with Crippen LogP contribution in [0.5, 0.6) is 11.5 Å². The molecule has 0 spiro atoms. The van der Waals surface area contributed by atoms with Gasteiger partial charge in [-0.3, -0.25) is 0 Å². The van der Waals surface area contributed by atoms with E-state index in [4.69, 9.17) is 15.2 Å². The quantitative estimate of drug-likeness (QED) is 0.457. The van der Waals surface area contributed by atoms with Gasteiger partial charge in [-0.15, -0.1) is 0 Å². The number of nitrogens with one attached hydrogen (secondary N) is 2. The highest BCUT2D eigenvalue weighted by molar-refractivity contribution is 5.96. The largest absolute Gasteiger partial charge is 0.462 e. The van der Waals surface area contributed by atoms with Crippen LogP contribution in [0.25, 0.3) is 0 Å². The Labute approximate surface area is 165 Å². The Kier molecular flexibility index (Phi) is 7.68. The van der Waals surface area contributed by atoms with Crippen LogP contribution >= 0.6 is 0 Å². The van der Waals surface area contributed by atoms with Crippen molar-refractivity contribution in [3.8, 4) is 11.5 Å². The first kappa shape index (κ1) is 21.1. The second-order valence-electron chi connectivity index (χ2n) is 6.21. The average molecular weight is 385 g/mol. The molecule has 2 rings (SSSR count). The normalized spacial score (nSPS) is 10.4. The number of anilines is 2. The van der Waals surface area contributed by atoms with E-state index in [9.17, 15) is 9.59 Å². The highest BCUT2D eigenvalue weighted by Crippen LogP contribution is 2.29. The fourth-order valence-electron chi connectivity index (χ4n) is 2.57. The van der Waals surface area contributed by atoms with Gasteiger partial charge in [0.15, 0.2) is 0 Å². The number of carbonyl (C=O) groups is 2. The first-order valence-electron chi connectivity index (χ1n) is 9.38. The molecule has 0 atom stereocenters. The molecule has 0 fully saturated rings. The van der Waals surface area contributed by atoms with E-state index in [-0.39, 0.29) is 24.2 Å². The zero-order valence-electron chi connectivity index (χ0n) is 16.5. The molecule has 0 unspecified atom stereocenters. The summed E-state index contributed by atoms with van der Waals surface area (Å²) in [4.78, 5) is 24.5. The highest BCUT2D eigenvalue weighted by atomic mass is 16.5. The molecule has 7 heteroatoms. The molecule has 0 bridgehead atoms. The average Bonchev–Trinajstić information content (AvgIpc) is 2.69. The van der Waals surface area contributed by atoms with Gasteiger partial charge in [-0.1, -0.05) is 13.8 Å². The van der Waals surface area contributed by atoms with E-state index in [0.717, 1.165) is 12.8 Å². The Morgan fingerprint density at radius 1 is 1.04 bits per heavy atom. The second kappa shape index (κ2) is 10.2. The van der Waals surface area contributed by atoms with Gasteiger partial charge < -0.3 is 25.8 Å². The number of esters is 1. The maximum atomic E-state index is 12.4. The summed E-state index contributed by atoms with van der Waals surface area (Å²) in [7, 11) is 0. The minimum Gasteiger partial charge on any atom is -0.462 e. The van der Waals surface area contributed by atoms with E-state index < -0.39 is 5.97 Å². The highest BCUT2D eigenvalue weighted by Gasteiger charge is 2.17. The summed E-state index contributed by atoms with van der Waals surface area (Å²) in [5.74, 6) is 0.332. The lowest BCUT2D eigenvalue weighted by atomic mass is 10.1. The number of nitrogen functional groups attached to an aromatic ring is 1. The zero-order valence-corrected chi connectivity index (χ0v) is 16.5. The third kappa shape index (κ3) is 5.90. The van der Waals surface area contributed by atoms with Crippen LogP contribution in [-0.4, -0.2) is 24.6 Å². The van der Waals surface area contributed by atoms with E-state index in [0.29, 0.717) is 22.9 Å². The lowest BCUT2D eigenvalue weighted by Crippen LogP contribution is -2.37. The molecule has 0 radical (unpaired) electrons. The molecule has 7 nitrogen and oxygen atoms in total. The molecule has 4 N–H and O–H groups in total. The summed E-state index contributed by atoms with van der Waals surface area (Å²) in [6, 6.07) is 11.4. The van der Waals surface area contributed by atoms with Crippen LogP contribution in [-0.2, 0) is 4.74 Å². The van der Waals surface area contributed by atoms with Crippen molar-refractivity contribution in [2.24, 2.45) is 0 Å². The third-order valence-corrected chi connectivity index (χ3v) is 4.16. The minimum atomic E-state index is -0.531. The maximum Gasteiger partial charge on any atom is 0.342 e. The second-order valence-corrected chi connectivity index (χ2v) is 6.21. The maximum absolute atomic E-state index is 12.4. The standard InChI is InChI=1S/C21H27N3O4/c1-4-15(5-2)23-21(26)24-16-9-12-19(18(13-16)20(25)27-6-3)28-17-10-7-14(22)8-11-17/h7-13,15H,4-6,22H2,1-3H3,(H2,23,24,26). The topological polar surface area (TPSA) is 103 Å². The lowest BCUT2D eigenvalue weighted by Gasteiger charge is -2.16. The molecule has 0 heterocycles. The predicted molar refractivity (Wildman–Crippen MR) is 110 cm³/mol. The van der Waals surface area contributed by atoms with Crippen molar-refractivity contribution in [1.82, 2.24) is 5.32 Å². The van der Waals surface area contributed by atoms with Gasteiger partial charge in [0, 0.05) is 17.4 Å². The van der Waals surface area contributed by atoms with Crippen molar-refractivity contribution < 1.29 is 19.1 Å². The summed E-state index contributed by atoms with van der Waals surface area (Å²) in [6.07, 6.45) is 1.68. The van der Waals surface area contributed by atoms with Crippen LogP contribution in [0.4, 0.5) is 16.2 Å². The van der Waals surface area contributed by atoms with Crippen molar-refractivity contribution in [1.29, 1.82) is 0 Å². The van der Waals surface area contributed by atoms with Crippen LogP contribution in [0.15, 0.2) is 42.5 Å². The van der Waals surface area contributed by atoms with Crippen LogP contribution in [0.1, 0.15) is 44.0 Å². The van der Waals surface area contributed by atoms with Gasteiger partial charge in [0.25, 0.3) is 0 Å². The van der Waals surface area contributed by atoms with Gasteiger partial charge in [0.2, 0.25) is 0 Å². The molecule has 2 amide bonds. The molecular weight excluding hydrogens is 358 g/mol. The summed E-state index contributed by atoms with van der Waals surface area (Å²) in [5.41, 5.74) is 6.98. The Balaban J connectivity index is 2.22. The van der Waals surface area contributed by atoms with Gasteiger partial charge in [-0.2, -0.15) is 0 Å². The van der Waals surface area contributed by atoms with Crippen LogP contribution in [0.3, 0.4) is 0 Å². The monoisotopic (exact) mass is 385 g/mol. The molecule has 150 valence electrons. The predicted octanol–water partition coefficient (Wildman–Crippen LogP) is 4.55. The number of rotatable bonds is 8. The Hall–Kier alpha value is -3.22. The Morgan fingerprint density at radius 3 is 2.32 bits per heavy atom. The number of hydrogen-bond donors (Lipinski definition) is 3. The van der Waals surface area contributed by atoms with Crippen LogP contribution in [0.2, 0.25) is 0 Å². The van der Waals surface area contributed by atoms with Gasteiger partial charge in [0.05, 0.1) is 6.61 Å².